The molecule has 50 valence electrons. The van der Waals surface area contributed by atoms with Crippen LogP contribution in [0.4, 0.5) is 0 Å². The molecule has 1 atom stereocenters. The van der Waals surface area contributed by atoms with Crippen molar-refractivity contribution in [2.24, 2.45) is 0 Å². The summed E-state index contributed by atoms with van der Waals surface area (Å²) in [6.45, 7) is 0. The van der Waals surface area contributed by atoms with Gasteiger partial charge in [0.15, 0.2) is 0 Å². The highest BCUT2D eigenvalue weighted by Crippen LogP contribution is 2.09. The molecule has 0 fully saturated rings. The van der Waals surface area contributed by atoms with Crippen LogP contribution < -0.4 is 0 Å². The van der Waals surface area contributed by atoms with Gasteiger partial charge in [-0.05, 0) is 20.4 Å². The van der Waals surface area contributed by atoms with Gasteiger partial charge in [-0.1, -0.05) is 0 Å². The minimum atomic E-state index is 0.469. The second-order valence-electron chi connectivity index (χ2n) is 1.81. The van der Waals surface area contributed by atoms with Crippen LogP contribution in [-0.2, 0) is 0 Å². The Labute approximate surface area is 60.4 Å². The van der Waals surface area contributed by atoms with Crippen LogP contribution in [0, 0.1) is 0 Å². The number of nitrogens with zero attached hydrogens (tertiary/aromatic N) is 1. The van der Waals surface area contributed by atoms with Gasteiger partial charge < -0.3 is 0 Å². The van der Waals surface area contributed by atoms with Crippen molar-refractivity contribution < 1.29 is 0 Å². The van der Waals surface area contributed by atoms with E-state index >= 15 is 0 Å². The van der Waals surface area contributed by atoms with Gasteiger partial charge in [-0.15, -0.1) is 23.4 Å². The third-order valence-corrected chi connectivity index (χ3v) is 2.59. The van der Waals surface area contributed by atoms with Crippen LogP contribution in [0.2, 0.25) is 0 Å². The zero-order valence-electron chi connectivity index (χ0n) is 5.52. The third kappa shape index (κ3) is 2.80. The Morgan fingerprint density at radius 3 is 2.12 bits per heavy atom. The maximum atomic E-state index is 5.60. The Bertz CT molecular complexity index is 54.4. The Kier molecular flexibility index (Phi) is 4.81. The molecular weight excluding hydrogens is 142 g/mol. The molecule has 0 spiro atoms. The average molecular weight is 154 g/mol. The summed E-state index contributed by atoms with van der Waals surface area (Å²) in [5.41, 5.74) is 0. The van der Waals surface area contributed by atoms with E-state index in [4.69, 9.17) is 11.6 Å². The quantitative estimate of drug-likeness (QED) is 0.447. The number of halogens is 1. The van der Waals surface area contributed by atoms with Gasteiger partial charge in [0.05, 0.1) is 5.37 Å². The zero-order valence-corrected chi connectivity index (χ0v) is 7.09. The van der Waals surface area contributed by atoms with Crippen LogP contribution in [-0.4, -0.2) is 36.5 Å². The molecule has 3 heteroatoms. The second kappa shape index (κ2) is 4.48. The number of thioether (sulfide) groups is 1. The van der Waals surface area contributed by atoms with Gasteiger partial charge in [0.2, 0.25) is 0 Å². The zero-order chi connectivity index (χ0) is 6.57. The lowest BCUT2D eigenvalue weighted by Gasteiger charge is -2.18. The fourth-order valence-corrected chi connectivity index (χ4v) is 1.61. The molecule has 0 aromatic heterocycles. The maximum Gasteiger partial charge on any atom is 0.0686 e. The Morgan fingerprint density at radius 2 is 2.12 bits per heavy atom. The minimum absolute atomic E-state index is 0.469. The first kappa shape index (κ1) is 8.60. The number of hydrogen-bond acceptors (Lipinski definition) is 2. The average Bonchev–Trinajstić information content (AvgIpc) is 1.69. The Morgan fingerprint density at radius 1 is 1.62 bits per heavy atom. The van der Waals surface area contributed by atoms with Gasteiger partial charge in [0.25, 0.3) is 0 Å². The van der Waals surface area contributed by atoms with Crippen LogP contribution in [0.5, 0.6) is 0 Å². The SMILES string of the molecule is CSC(CCl)N(C)C. The number of hydrogen-bond donors (Lipinski definition) is 0. The molecule has 0 N–H and O–H groups in total. The topological polar surface area (TPSA) is 3.24 Å². The van der Waals surface area contributed by atoms with Gasteiger partial charge in [0, 0.05) is 5.88 Å². The molecule has 0 saturated carbocycles. The third-order valence-electron chi connectivity index (χ3n) is 0.980. The normalized spacial score (nSPS) is 14.6. The van der Waals surface area contributed by atoms with Crippen molar-refractivity contribution in [1.82, 2.24) is 4.90 Å². The summed E-state index contributed by atoms with van der Waals surface area (Å²) in [4.78, 5) is 2.11. The predicted octanol–water partition coefficient (Wildman–Crippen LogP) is 1.48. The number of rotatable bonds is 3. The molecular formula is C5H12ClNS. The second-order valence-corrected chi connectivity index (χ2v) is 3.13. The predicted molar refractivity (Wildman–Crippen MR) is 41.7 cm³/mol. The highest BCUT2D eigenvalue weighted by molar-refractivity contribution is 7.99. The van der Waals surface area contributed by atoms with Crippen LogP contribution in [0.3, 0.4) is 0 Å². The van der Waals surface area contributed by atoms with E-state index in [-0.39, 0.29) is 0 Å². The Balaban J connectivity index is 3.35. The molecule has 0 saturated heterocycles. The summed E-state index contributed by atoms with van der Waals surface area (Å²) in [7, 11) is 4.06. The van der Waals surface area contributed by atoms with Crippen molar-refractivity contribution in [3.63, 3.8) is 0 Å². The van der Waals surface area contributed by atoms with E-state index in [1.165, 1.54) is 0 Å². The highest BCUT2D eigenvalue weighted by Gasteiger charge is 2.05. The fraction of sp³-hybridized carbons (Fsp3) is 1.00. The van der Waals surface area contributed by atoms with Crippen LogP contribution in [0.15, 0.2) is 0 Å². The molecule has 0 rings (SSSR count). The van der Waals surface area contributed by atoms with E-state index in [1.807, 2.05) is 14.1 Å². The number of alkyl halides is 1. The van der Waals surface area contributed by atoms with E-state index in [0.29, 0.717) is 11.3 Å². The van der Waals surface area contributed by atoms with Gasteiger partial charge in [-0.25, -0.2) is 0 Å². The van der Waals surface area contributed by atoms with Crippen LogP contribution >= 0.6 is 23.4 Å². The first-order valence-corrected chi connectivity index (χ1v) is 4.29. The molecule has 1 unspecified atom stereocenters. The van der Waals surface area contributed by atoms with E-state index in [0.717, 1.165) is 0 Å². The molecule has 0 aromatic rings. The summed E-state index contributed by atoms with van der Waals surface area (Å²) in [6, 6.07) is 0. The van der Waals surface area contributed by atoms with E-state index in [2.05, 4.69) is 11.2 Å². The summed E-state index contributed by atoms with van der Waals surface area (Å²) in [5, 5.41) is 0.469. The van der Waals surface area contributed by atoms with E-state index < -0.39 is 0 Å². The minimum Gasteiger partial charge on any atom is -0.297 e. The van der Waals surface area contributed by atoms with Crippen molar-refractivity contribution in [2.45, 2.75) is 5.37 Å². The molecule has 0 aliphatic heterocycles. The van der Waals surface area contributed by atoms with Crippen molar-refractivity contribution in [3.8, 4) is 0 Å². The van der Waals surface area contributed by atoms with Crippen molar-refractivity contribution in [3.05, 3.63) is 0 Å². The van der Waals surface area contributed by atoms with E-state index in [9.17, 15) is 0 Å². The summed E-state index contributed by atoms with van der Waals surface area (Å²) < 4.78 is 0. The molecule has 0 aliphatic carbocycles. The van der Waals surface area contributed by atoms with Gasteiger partial charge in [-0.3, -0.25) is 4.90 Å². The van der Waals surface area contributed by atoms with E-state index in [1.54, 1.807) is 11.8 Å². The summed E-state index contributed by atoms with van der Waals surface area (Å²) in [5.74, 6) is 0.703. The highest BCUT2D eigenvalue weighted by atomic mass is 35.5. The first-order chi connectivity index (χ1) is 3.72. The van der Waals surface area contributed by atoms with Gasteiger partial charge in [0.1, 0.15) is 0 Å². The molecule has 1 nitrogen and oxygen atoms in total. The fourth-order valence-electron chi connectivity index (χ4n) is 0.412. The lowest BCUT2D eigenvalue weighted by Crippen LogP contribution is -2.25. The lowest BCUT2D eigenvalue weighted by molar-refractivity contribution is 0.406. The molecule has 0 heterocycles. The standard InChI is InChI=1S/C5H12ClNS/c1-7(2)5(4-6)8-3/h5H,4H2,1-3H3. The largest absolute Gasteiger partial charge is 0.297 e. The van der Waals surface area contributed by atoms with Gasteiger partial charge in [-0.2, -0.15) is 0 Å². The van der Waals surface area contributed by atoms with Crippen molar-refractivity contribution in [1.29, 1.82) is 0 Å². The first-order valence-electron chi connectivity index (χ1n) is 2.47. The molecule has 0 aromatic carbocycles. The maximum absolute atomic E-state index is 5.60. The van der Waals surface area contributed by atoms with Crippen LogP contribution in [0.25, 0.3) is 0 Å². The monoisotopic (exact) mass is 153 g/mol. The van der Waals surface area contributed by atoms with Crippen molar-refractivity contribution >= 4 is 23.4 Å². The summed E-state index contributed by atoms with van der Waals surface area (Å²) in [6.07, 6.45) is 2.06. The molecule has 0 amide bonds. The summed E-state index contributed by atoms with van der Waals surface area (Å²) >= 11 is 7.37. The van der Waals surface area contributed by atoms with Crippen LogP contribution in [0.1, 0.15) is 0 Å². The smallest absolute Gasteiger partial charge is 0.0686 e. The molecule has 0 bridgehead atoms. The molecule has 0 aliphatic rings. The Hall–Kier alpha value is 0.600. The van der Waals surface area contributed by atoms with Crippen molar-refractivity contribution in [2.75, 3.05) is 26.2 Å². The molecule has 8 heavy (non-hydrogen) atoms. The lowest BCUT2D eigenvalue weighted by atomic mass is 10.7. The van der Waals surface area contributed by atoms with Gasteiger partial charge >= 0.3 is 0 Å². The molecule has 0 radical (unpaired) electrons.